The quantitative estimate of drug-likeness (QED) is 0.666. The van der Waals surface area contributed by atoms with E-state index >= 15 is 0 Å². The fourth-order valence-electron chi connectivity index (χ4n) is 2.19. The van der Waals surface area contributed by atoms with Gasteiger partial charge in [-0.2, -0.15) is 0 Å². The standard InChI is InChI=1S/C17H27N3/c1-6-14(4)20(15(5)7-2)13-12-18-17-11-9-10-16(8-3)19-17/h3,9-11,15,17-19H,4,6-7,12-13H2,1-2,5H3/t15-,17?/m0/s1. The van der Waals surface area contributed by atoms with Crippen LogP contribution in [0.4, 0.5) is 0 Å². The summed E-state index contributed by atoms with van der Waals surface area (Å²) < 4.78 is 0. The summed E-state index contributed by atoms with van der Waals surface area (Å²) in [5, 5.41) is 6.71. The van der Waals surface area contributed by atoms with Crippen LogP contribution in [0.25, 0.3) is 0 Å². The van der Waals surface area contributed by atoms with E-state index in [4.69, 9.17) is 6.42 Å². The fraction of sp³-hybridized carbons (Fsp3) is 0.529. The Kier molecular flexibility index (Phi) is 6.97. The van der Waals surface area contributed by atoms with Gasteiger partial charge in [-0.25, -0.2) is 0 Å². The highest BCUT2D eigenvalue weighted by atomic mass is 15.2. The van der Waals surface area contributed by atoms with Gasteiger partial charge in [0.25, 0.3) is 0 Å². The van der Waals surface area contributed by atoms with Crippen LogP contribution in [0.5, 0.6) is 0 Å². The minimum atomic E-state index is 0.111. The molecule has 110 valence electrons. The Morgan fingerprint density at radius 2 is 2.35 bits per heavy atom. The van der Waals surface area contributed by atoms with Gasteiger partial charge in [0.2, 0.25) is 0 Å². The summed E-state index contributed by atoms with van der Waals surface area (Å²) in [6, 6.07) is 0.528. The van der Waals surface area contributed by atoms with Crippen molar-refractivity contribution in [1.29, 1.82) is 0 Å². The Morgan fingerprint density at radius 3 is 2.95 bits per heavy atom. The number of rotatable bonds is 8. The van der Waals surface area contributed by atoms with Crippen molar-refractivity contribution >= 4 is 0 Å². The topological polar surface area (TPSA) is 27.3 Å². The number of allylic oxidation sites excluding steroid dienone is 4. The second-order valence-electron chi connectivity index (χ2n) is 5.06. The fourth-order valence-corrected chi connectivity index (χ4v) is 2.19. The lowest BCUT2D eigenvalue weighted by Gasteiger charge is -2.33. The summed E-state index contributed by atoms with van der Waals surface area (Å²) >= 11 is 0. The number of terminal acetylenes is 1. The van der Waals surface area contributed by atoms with Crippen LogP contribution < -0.4 is 10.6 Å². The van der Waals surface area contributed by atoms with Crippen LogP contribution in [0, 0.1) is 12.3 Å². The molecule has 1 unspecified atom stereocenters. The molecule has 0 amide bonds. The third-order valence-corrected chi connectivity index (χ3v) is 3.69. The lowest BCUT2D eigenvalue weighted by Crippen LogP contribution is -2.45. The minimum absolute atomic E-state index is 0.111. The van der Waals surface area contributed by atoms with Crippen LogP contribution in [0.2, 0.25) is 0 Å². The predicted molar refractivity (Wildman–Crippen MR) is 86.9 cm³/mol. The summed E-state index contributed by atoms with van der Waals surface area (Å²) in [6.45, 7) is 12.6. The molecule has 2 N–H and O–H groups in total. The van der Waals surface area contributed by atoms with Crippen LogP contribution in [-0.4, -0.2) is 30.2 Å². The molecule has 2 atom stereocenters. The molecule has 0 radical (unpaired) electrons. The summed E-state index contributed by atoms with van der Waals surface area (Å²) in [5.41, 5.74) is 2.03. The van der Waals surface area contributed by atoms with E-state index in [2.05, 4.69) is 54.9 Å². The van der Waals surface area contributed by atoms with E-state index in [1.807, 2.05) is 12.2 Å². The largest absolute Gasteiger partial charge is 0.371 e. The normalized spacial score (nSPS) is 18.7. The van der Waals surface area contributed by atoms with Crippen molar-refractivity contribution in [2.75, 3.05) is 13.1 Å². The van der Waals surface area contributed by atoms with Crippen LogP contribution in [0.1, 0.15) is 33.6 Å². The van der Waals surface area contributed by atoms with E-state index in [0.717, 1.165) is 31.6 Å². The Bertz CT molecular complexity index is 414. The van der Waals surface area contributed by atoms with Crippen molar-refractivity contribution in [2.45, 2.75) is 45.8 Å². The molecular formula is C17H27N3. The third kappa shape index (κ3) is 4.79. The molecule has 3 heteroatoms. The molecule has 1 aliphatic rings. The molecule has 1 heterocycles. The molecule has 0 aromatic carbocycles. The first-order valence-corrected chi connectivity index (χ1v) is 7.41. The predicted octanol–water partition coefficient (Wildman–Crippen LogP) is 2.60. The van der Waals surface area contributed by atoms with Crippen LogP contribution in [0.3, 0.4) is 0 Å². The second kappa shape index (κ2) is 8.50. The number of hydrogen-bond acceptors (Lipinski definition) is 3. The summed E-state index contributed by atoms with van der Waals surface area (Å²) in [5.74, 6) is 2.62. The number of dihydropyridines is 1. The van der Waals surface area contributed by atoms with Crippen molar-refractivity contribution in [3.8, 4) is 12.3 Å². The molecule has 0 saturated heterocycles. The highest BCUT2D eigenvalue weighted by Crippen LogP contribution is 2.12. The zero-order valence-corrected chi connectivity index (χ0v) is 12.9. The summed E-state index contributed by atoms with van der Waals surface area (Å²) in [7, 11) is 0. The Balaban J connectivity index is 2.42. The van der Waals surface area contributed by atoms with Crippen LogP contribution in [0.15, 0.2) is 36.2 Å². The Labute approximate surface area is 123 Å². The van der Waals surface area contributed by atoms with E-state index in [-0.39, 0.29) is 6.17 Å². The van der Waals surface area contributed by atoms with Crippen molar-refractivity contribution in [2.24, 2.45) is 0 Å². The van der Waals surface area contributed by atoms with Crippen LogP contribution in [-0.2, 0) is 0 Å². The number of hydrogen-bond donors (Lipinski definition) is 2. The lowest BCUT2D eigenvalue weighted by molar-refractivity contribution is 0.252. The molecule has 1 aliphatic heterocycles. The Morgan fingerprint density at radius 1 is 1.60 bits per heavy atom. The number of nitrogens with one attached hydrogen (secondary N) is 2. The molecule has 0 bridgehead atoms. The maximum absolute atomic E-state index is 5.40. The first-order valence-electron chi connectivity index (χ1n) is 7.41. The minimum Gasteiger partial charge on any atom is -0.371 e. The number of nitrogens with zero attached hydrogens (tertiary/aromatic N) is 1. The van der Waals surface area contributed by atoms with Crippen molar-refractivity contribution < 1.29 is 0 Å². The van der Waals surface area contributed by atoms with Crippen LogP contribution >= 0.6 is 0 Å². The van der Waals surface area contributed by atoms with E-state index < -0.39 is 0 Å². The van der Waals surface area contributed by atoms with Gasteiger partial charge in [-0.1, -0.05) is 32.4 Å². The van der Waals surface area contributed by atoms with Gasteiger partial charge in [0.15, 0.2) is 0 Å². The maximum atomic E-state index is 5.40. The van der Waals surface area contributed by atoms with E-state index in [1.54, 1.807) is 0 Å². The SMILES string of the molecule is C#CC1=CC=CC(NCCN(C(=C)CC)[C@@H](C)CC)N1. The first kappa shape index (κ1) is 16.4. The monoisotopic (exact) mass is 273 g/mol. The molecule has 0 spiro atoms. The smallest absolute Gasteiger partial charge is 0.0969 e. The molecule has 0 aromatic heterocycles. The third-order valence-electron chi connectivity index (χ3n) is 3.69. The van der Waals surface area contributed by atoms with Crippen molar-refractivity contribution in [3.05, 3.63) is 36.2 Å². The second-order valence-corrected chi connectivity index (χ2v) is 5.06. The van der Waals surface area contributed by atoms with Gasteiger partial charge in [-0.05, 0) is 31.9 Å². The van der Waals surface area contributed by atoms with Gasteiger partial charge in [0.1, 0.15) is 0 Å². The van der Waals surface area contributed by atoms with E-state index in [1.165, 1.54) is 5.70 Å². The zero-order chi connectivity index (χ0) is 15.0. The molecule has 0 aliphatic carbocycles. The van der Waals surface area contributed by atoms with Crippen molar-refractivity contribution in [3.63, 3.8) is 0 Å². The van der Waals surface area contributed by atoms with Gasteiger partial charge in [0.05, 0.1) is 11.9 Å². The first-order chi connectivity index (χ1) is 9.62. The average molecular weight is 273 g/mol. The summed E-state index contributed by atoms with van der Waals surface area (Å²) in [6.07, 6.45) is 13.6. The van der Waals surface area contributed by atoms with E-state index in [0.29, 0.717) is 6.04 Å². The van der Waals surface area contributed by atoms with Gasteiger partial charge >= 0.3 is 0 Å². The van der Waals surface area contributed by atoms with Gasteiger partial charge < -0.3 is 10.2 Å². The molecule has 3 nitrogen and oxygen atoms in total. The van der Waals surface area contributed by atoms with Gasteiger partial charge in [-0.3, -0.25) is 5.32 Å². The van der Waals surface area contributed by atoms with Gasteiger partial charge in [0, 0.05) is 24.8 Å². The lowest BCUT2D eigenvalue weighted by atomic mass is 10.2. The summed E-state index contributed by atoms with van der Waals surface area (Å²) in [4.78, 5) is 2.39. The molecule has 20 heavy (non-hydrogen) atoms. The average Bonchev–Trinajstić information content (AvgIpc) is 2.50. The highest BCUT2D eigenvalue weighted by Gasteiger charge is 2.13. The van der Waals surface area contributed by atoms with E-state index in [9.17, 15) is 0 Å². The Hall–Kier alpha value is -1.66. The molecule has 0 aromatic rings. The van der Waals surface area contributed by atoms with Crippen molar-refractivity contribution in [1.82, 2.24) is 15.5 Å². The van der Waals surface area contributed by atoms with Gasteiger partial charge in [-0.15, -0.1) is 6.42 Å². The molecular weight excluding hydrogens is 246 g/mol. The molecule has 1 rings (SSSR count). The molecule has 0 fully saturated rings. The zero-order valence-electron chi connectivity index (χ0n) is 12.9. The highest BCUT2D eigenvalue weighted by molar-refractivity contribution is 5.32. The maximum Gasteiger partial charge on any atom is 0.0969 e. The molecule has 0 saturated carbocycles.